The zero-order valence-electron chi connectivity index (χ0n) is 25.6. The van der Waals surface area contributed by atoms with Crippen molar-refractivity contribution in [2.24, 2.45) is 0 Å². The zero-order chi connectivity index (χ0) is 31.5. The van der Waals surface area contributed by atoms with Crippen molar-refractivity contribution in [3.63, 3.8) is 0 Å². The van der Waals surface area contributed by atoms with E-state index in [1.54, 1.807) is 0 Å². The third kappa shape index (κ3) is 8.57. The standard InChI is InChI=1S/C32H39N3O.C4H4O4/c1-3-33(4-2)32(36)26-15-17-28(18-16-26)35(27-13-9-6-10-14-27)31-23-29-19-20-30(24-31)34(29)22-21-25-11-7-5-8-12-25;5-3(6)1-2-4(7)8/h5-18,29-31H,3-4,19-24H2,1-2H3;1-2H,(H,5,6)(H,7,8)/b;2-1+/t29-,30+,31+;. The molecule has 8 heteroatoms. The van der Waals surface area contributed by atoms with Crippen LogP contribution in [0.4, 0.5) is 11.4 Å². The Morgan fingerprint density at radius 3 is 1.75 bits per heavy atom. The lowest BCUT2D eigenvalue weighted by Crippen LogP contribution is -2.50. The Bertz CT molecular complexity index is 1360. The van der Waals surface area contributed by atoms with E-state index >= 15 is 0 Å². The summed E-state index contributed by atoms with van der Waals surface area (Å²) in [6.45, 7) is 6.69. The minimum atomic E-state index is -1.26. The maximum Gasteiger partial charge on any atom is 0.328 e. The first-order valence-electron chi connectivity index (χ1n) is 15.5. The van der Waals surface area contributed by atoms with E-state index in [0.29, 0.717) is 30.3 Å². The number of rotatable bonds is 11. The third-order valence-electron chi connectivity index (χ3n) is 8.57. The number of amides is 1. The van der Waals surface area contributed by atoms with Crippen LogP contribution >= 0.6 is 0 Å². The normalized spacial score (nSPS) is 19.2. The maximum atomic E-state index is 12.9. The van der Waals surface area contributed by atoms with Crippen LogP contribution < -0.4 is 4.90 Å². The smallest absolute Gasteiger partial charge is 0.328 e. The second kappa shape index (κ2) is 15.9. The van der Waals surface area contributed by atoms with E-state index in [4.69, 9.17) is 10.2 Å². The Labute approximate surface area is 260 Å². The molecule has 2 bridgehead atoms. The van der Waals surface area contributed by atoms with Crippen LogP contribution in [0.5, 0.6) is 0 Å². The predicted molar refractivity (Wildman–Crippen MR) is 173 cm³/mol. The summed E-state index contributed by atoms with van der Waals surface area (Å²) in [5.74, 6) is -2.40. The summed E-state index contributed by atoms with van der Waals surface area (Å²) in [6.07, 6.45) is 7.21. The van der Waals surface area contributed by atoms with Gasteiger partial charge < -0.3 is 20.0 Å². The molecule has 2 saturated heterocycles. The molecule has 8 nitrogen and oxygen atoms in total. The van der Waals surface area contributed by atoms with Gasteiger partial charge in [-0.3, -0.25) is 9.69 Å². The van der Waals surface area contributed by atoms with Crippen LogP contribution in [0.3, 0.4) is 0 Å². The Balaban J connectivity index is 0.000000488. The molecule has 0 radical (unpaired) electrons. The number of carboxylic acids is 2. The van der Waals surface area contributed by atoms with E-state index in [1.165, 1.54) is 42.6 Å². The Hall–Kier alpha value is -4.43. The van der Waals surface area contributed by atoms with Crippen LogP contribution in [0.1, 0.15) is 55.5 Å². The van der Waals surface area contributed by atoms with E-state index in [0.717, 1.165) is 31.6 Å². The topological polar surface area (TPSA) is 101 Å². The van der Waals surface area contributed by atoms with Gasteiger partial charge in [0.1, 0.15) is 0 Å². The number of para-hydroxylation sites is 1. The van der Waals surface area contributed by atoms with Crippen molar-refractivity contribution in [3.05, 3.63) is 108 Å². The molecule has 3 atom stereocenters. The molecule has 0 aliphatic carbocycles. The molecule has 0 unspecified atom stereocenters. The van der Waals surface area contributed by atoms with Gasteiger partial charge in [-0.2, -0.15) is 0 Å². The third-order valence-corrected chi connectivity index (χ3v) is 8.57. The van der Waals surface area contributed by atoms with Crippen LogP contribution in [0.25, 0.3) is 0 Å². The largest absolute Gasteiger partial charge is 0.478 e. The molecule has 2 fully saturated rings. The van der Waals surface area contributed by atoms with E-state index in [1.807, 2.05) is 30.9 Å². The van der Waals surface area contributed by atoms with Gasteiger partial charge in [-0.1, -0.05) is 48.5 Å². The first-order chi connectivity index (χ1) is 21.3. The highest BCUT2D eigenvalue weighted by Gasteiger charge is 2.42. The molecular weight excluding hydrogens is 554 g/mol. The SMILES string of the molecule is CCN(CC)C(=O)c1ccc(N(c2ccccc2)[C@H]2C[C@H]3CC[C@@H](C2)N3CCc2ccccc2)cc1.O=C(O)/C=C/C(=O)O. The molecule has 3 aromatic carbocycles. The summed E-state index contributed by atoms with van der Waals surface area (Å²) in [5.41, 5.74) is 4.62. The van der Waals surface area contributed by atoms with Crippen LogP contribution in [0.2, 0.25) is 0 Å². The van der Waals surface area contributed by atoms with Crippen LogP contribution in [-0.4, -0.2) is 75.6 Å². The first-order valence-corrected chi connectivity index (χ1v) is 15.5. The number of carboxylic acid groups (broad SMARTS) is 2. The average Bonchev–Trinajstić information content (AvgIpc) is 3.28. The minimum absolute atomic E-state index is 0.113. The van der Waals surface area contributed by atoms with Crippen LogP contribution in [0, 0.1) is 0 Å². The Morgan fingerprint density at radius 1 is 0.750 bits per heavy atom. The molecule has 1 amide bonds. The first kappa shape index (κ1) is 32.5. The number of hydrogen-bond acceptors (Lipinski definition) is 5. The van der Waals surface area contributed by atoms with E-state index in [-0.39, 0.29) is 5.91 Å². The van der Waals surface area contributed by atoms with Crippen molar-refractivity contribution >= 4 is 29.2 Å². The number of benzene rings is 3. The highest BCUT2D eigenvalue weighted by atomic mass is 16.4. The fourth-order valence-corrected chi connectivity index (χ4v) is 6.48. The van der Waals surface area contributed by atoms with Crippen molar-refractivity contribution < 1.29 is 24.6 Å². The summed E-state index contributed by atoms with van der Waals surface area (Å²) in [6, 6.07) is 31.7. The van der Waals surface area contributed by atoms with Gasteiger partial charge in [0.05, 0.1) is 0 Å². The quantitative estimate of drug-likeness (QED) is 0.252. The highest BCUT2D eigenvalue weighted by molar-refractivity contribution is 5.94. The summed E-state index contributed by atoms with van der Waals surface area (Å²) in [5, 5.41) is 15.6. The average molecular weight is 598 g/mol. The summed E-state index contributed by atoms with van der Waals surface area (Å²) < 4.78 is 0. The van der Waals surface area contributed by atoms with Crippen LogP contribution in [-0.2, 0) is 16.0 Å². The molecule has 2 N–H and O–H groups in total. The summed E-state index contributed by atoms with van der Waals surface area (Å²) in [4.78, 5) is 39.2. The van der Waals surface area contributed by atoms with Gasteiger partial charge in [0.2, 0.25) is 0 Å². The lowest BCUT2D eigenvalue weighted by Gasteiger charge is -2.44. The van der Waals surface area contributed by atoms with E-state index in [2.05, 4.69) is 82.6 Å². The number of anilines is 2. The number of hydrogen-bond donors (Lipinski definition) is 2. The van der Waals surface area contributed by atoms with Crippen molar-refractivity contribution in [2.45, 2.75) is 64.1 Å². The van der Waals surface area contributed by atoms with Crippen molar-refractivity contribution in [2.75, 3.05) is 24.5 Å². The van der Waals surface area contributed by atoms with E-state index in [9.17, 15) is 14.4 Å². The second-order valence-corrected chi connectivity index (χ2v) is 11.2. The van der Waals surface area contributed by atoms with Gasteiger partial charge in [0, 0.05) is 66.9 Å². The number of carbonyl (C=O) groups is 3. The molecule has 0 spiro atoms. The van der Waals surface area contributed by atoms with E-state index < -0.39 is 11.9 Å². The molecule has 5 rings (SSSR count). The molecule has 3 aromatic rings. The zero-order valence-corrected chi connectivity index (χ0v) is 25.6. The second-order valence-electron chi connectivity index (χ2n) is 11.2. The molecule has 2 aliphatic heterocycles. The van der Waals surface area contributed by atoms with Crippen molar-refractivity contribution in [1.29, 1.82) is 0 Å². The predicted octanol–water partition coefficient (Wildman–Crippen LogP) is 6.26. The fraction of sp³-hybridized carbons (Fsp3) is 0.361. The highest BCUT2D eigenvalue weighted by Crippen LogP contribution is 2.41. The molecule has 44 heavy (non-hydrogen) atoms. The van der Waals surface area contributed by atoms with Gasteiger partial charge >= 0.3 is 11.9 Å². The summed E-state index contributed by atoms with van der Waals surface area (Å²) in [7, 11) is 0. The molecular formula is C36H43N3O5. The number of aliphatic carboxylic acids is 2. The van der Waals surface area contributed by atoms with Crippen LogP contribution in [0.15, 0.2) is 97.1 Å². The Morgan fingerprint density at radius 2 is 1.25 bits per heavy atom. The molecule has 0 aromatic heterocycles. The van der Waals surface area contributed by atoms with Crippen molar-refractivity contribution in [3.8, 4) is 0 Å². The Kier molecular flexibility index (Phi) is 11.7. The molecule has 0 saturated carbocycles. The van der Waals surface area contributed by atoms with Gasteiger partial charge in [0.25, 0.3) is 5.91 Å². The fourth-order valence-electron chi connectivity index (χ4n) is 6.48. The lowest BCUT2D eigenvalue weighted by molar-refractivity contribution is -0.134. The molecule has 2 aliphatic rings. The molecule has 232 valence electrons. The number of nitrogens with zero attached hydrogens (tertiary/aromatic N) is 3. The lowest BCUT2D eigenvalue weighted by atomic mass is 9.94. The number of fused-ring (bicyclic) bond motifs is 2. The van der Waals surface area contributed by atoms with Gasteiger partial charge in [-0.25, -0.2) is 9.59 Å². The molecule has 2 heterocycles. The monoisotopic (exact) mass is 597 g/mol. The van der Waals surface area contributed by atoms with Gasteiger partial charge in [-0.15, -0.1) is 0 Å². The summed E-state index contributed by atoms with van der Waals surface area (Å²) >= 11 is 0. The van der Waals surface area contributed by atoms with Gasteiger partial charge in [0.15, 0.2) is 0 Å². The number of piperidine rings is 1. The van der Waals surface area contributed by atoms with Gasteiger partial charge in [-0.05, 0) is 87.9 Å². The minimum Gasteiger partial charge on any atom is -0.478 e. The van der Waals surface area contributed by atoms with Crippen molar-refractivity contribution in [1.82, 2.24) is 9.80 Å². The maximum absolute atomic E-state index is 12.9. The number of carbonyl (C=O) groups excluding carboxylic acids is 1.